The Morgan fingerprint density at radius 1 is 1.12 bits per heavy atom. The fourth-order valence-corrected chi connectivity index (χ4v) is 3.67. The molecule has 1 aliphatic rings. The van der Waals surface area contributed by atoms with E-state index in [1.165, 1.54) is 31.3 Å². The summed E-state index contributed by atoms with van der Waals surface area (Å²) in [5.74, 6) is -1.58. The Kier molecular flexibility index (Phi) is 7.71. The van der Waals surface area contributed by atoms with Gasteiger partial charge in [-0.1, -0.05) is 26.0 Å². The first kappa shape index (κ1) is 24.3. The number of Topliss-reactive ketones (excluding diaryl/α,β-unsaturated/α-hetero) is 1. The number of carbonyl (C=O) groups excluding carboxylic acids is 2. The van der Waals surface area contributed by atoms with Crippen LogP contribution in [0.4, 0.5) is 4.39 Å². The van der Waals surface area contributed by atoms with Crippen LogP contribution >= 0.6 is 0 Å². The number of carbonyl (C=O) groups is 2. The van der Waals surface area contributed by atoms with Gasteiger partial charge in [-0.3, -0.25) is 9.59 Å². The van der Waals surface area contributed by atoms with E-state index in [1.54, 1.807) is 24.3 Å². The van der Waals surface area contributed by atoms with Crippen LogP contribution in [0, 0.1) is 11.7 Å². The van der Waals surface area contributed by atoms with E-state index in [9.17, 15) is 19.1 Å². The second-order valence-corrected chi connectivity index (χ2v) is 8.10. The van der Waals surface area contributed by atoms with Crippen LogP contribution in [0.25, 0.3) is 5.76 Å². The van der Waals surface area contributed by atoms with Crippen LogP contribution in [0.15, 0.2) is 48.0 Å². The maximum Gasteiger partial charge on any atom is 0.295 e. The number of ether oxygens (including phenoxy) is 3. The second kappa shape index (κ2) is 10.5. The van der Waals surface area contributed by atoms with E-state index in [0.29, 0.717) is 23.8 Å². The van der Waals surface area contributed by atoms with Crippen molar-refractivity contribution in [1.82, 2.24) is 4.90 Å². The molecule has 0 bridgehead atoms. The Morgan fingerprint density at radius 3 is 2.42 bits per heavy atom. The molecule has 0 aromatic heterocycles. The Hall–Kier alpha value is -3.39. The number of ketones is 1. The minimum Gasteiger partial charge on any atom is -0.507 e. The number of aliphatic hydroxyl groups excluding tert-OH is 1. The van der Waals surface area contributed by atoms with E-state index in [2.05, 4.69) is 0 Å². The fourth-order valence-electron chi connectivity index (χ4n) is 3.67. The normalized spacial score (nSPS) is 17.6. The number of rotatable bonds is 9. The van der Waals surface area contributed by atoms with Crippen molar-refractivity contribution in [2.75, 3.05) is 34.0 Å². The summed E-state index contributed by atoms with van der Waals surface area (Å²) in [6.45, 7) is 4.96. The first-order valence-corrected chi connectivity index (χ1v) is 10.6. The molecule has 0 saturated carbocycles. The molecule has 7 nitrogen and oxygen atoms in total. The smallest absolute Gasteiger partial charge is 0.295 e. The standard InChI is InChI=1S/C25H28FNO6/c1-15(2)14-33-18-8-5-16(6-9-18)22-21(24(29)25(30)27(22)11-12-31-3)23(28)19-13-17(26)7-10-20(19)32-4/h5-10,13,15,22,28H,11-12,14H2,1-4H3/b23-21+. The minimum absolute atomic E-state index is 0.0101. The maximum atomic E-state index is 14.0. The fraction of sp³-hybridized carbons (Fsp3) is 0.360. The van der Waals surface area contributed by atoms with Crippen LogP contribution in [0.5, 0.6) is 11.5 Å². The van der Waals surface area contributed by atoms with E-state index < -0.39 is 29.3 Å². The molecule has 1 fully saturated rings. The number of nitrogens with zero attached hydrogens (tertiary/aromatic N) is 1. The molecule has 1 atom stereocenters. The highest BCUT2D eigenvalue weighted by molar-refractivity contribution is 6.46. The van der Waals surface area contributed by atoms with Gasteiger partial charge in [0, 0.05) is 13.7 Å². The topological polar surface area (TPSA) is 85.3 Å². The van der Waals surface area contributed by atoms with Gasteiger partial charge in [-0.15, -0.1) is 0 Å². The lowest BCUT2D eigenvalue weighted by Gasteiger charge is -2.25. The Balaban J connectivity index is 2.11. The third kappa shape index (κ3) is 5.17. The van der Waals surface area contributed by atoms with E-state index in [0.717, 1.165) is 6.07 Å². The maximum absolute atomic E-state index is 14.0. The number of aliphatic hydroxyl groups is 1. The lowest BCUT2D eigenvalue weighted by Crippen LogP contribution is -2.32. The average molecular weight is 457 g/mol. The molecule has 1 aliphatic heterocycles. The predicted molar refractivity (Wildman–Crippen MR) is 121 cm³/mol. The molecular formula is C25H28FNO6. The van der Waals surface area contributed by atoms with Gasteiger partial charge in [-0.25, -0.2) is 4.39 Å². The number of hydrogen-bond donors (Lipinski definition) is 1. The molecule has 0 spiro atoms. The molecule has 33 heavy (non-hydrogen) atoms. The van der Waals surface area contributed by atoms with Crippen LogP contribution in [0.1, 0.15) is 31.0 Å². The summed E-state index contributed by atoms with van der Waals surface area (Å²) in [4.78, 5) is 27.2. The summed E-state index contributed by atoms with van der Waals surface area (Å²) in [6.07, 6.45) is 0. The summed E-state index contributed by atoms with van der Waals surface area (Å²) in [7, 11) is 2.86. The zero-order chi connectivity index (χ0) is 24.1. The number of likely N-dealkylation sites (tertiary alicyclic amines) is 1. The summed E-state index contributed by atoms with van der Waals surface area (Å²) in [5, 5.41) is 11.1. The van der Waals surface area contributed by atoms with E-state index in [-0.39, 0.29) is 30.0 Å². The lowest BCUT2D eigenvalue weighted by atomic mass is 9.95. The van der Waals surface area contributed by atoms with Gasteiger partial charge in [0.15, 0.2) is 0 Å². The average Bonchev–Trinajstić information content (AvgIpc) is 3.06. The van der Waals surface area contributed by atoms with Crippen molar-refractivity contribution in [2.45, 2.75) is 19.9 Å². The lowest BCUT2D eigenvalue weighted by molar-refractivity contribution is -0.140. The van der Waals surface area contributed by atoms with Crippen LogP contribution in [0.2, 0.25) is 0 Å². The van der Waals surface area contributed by atoms with Crippen LogP contribution in [-0.2, 0) is 14.3 Å². The van der Waals surface area contributed by atoms with Crippen molar-refractivity contribution in [3.05, 3.63) is 65.0 Å². The summed E-state index contributed by atoms with van der Waals surface area (Å²) in [6, 6.07) is 9.68. The summed E-state index contributed by atoms with van der Waals surface area (Å²) < 4.78 is 30.0. The minimum atomic E-state index is -0.882. The first-order valence-electron chi connectivity index (χ1n) is 10.6. The van der Waals surface area contributed by atoms with E-state index in [1.807, 2.05) is 13.8 Å². The Labute approximate surface area is 192 Å². The number of amides is 1. The zero-order valence-electron chi connectivity index (χ0n) is 19.1. The number of methoxy groups -OCH3 is 2. The number of halogens is 1. The van der Waals surface area contributed by atoms with Crippen LogP contribution < -0.4 is 9.47 Å². The monoisotopic (exact) mass is 457 g/mol. The van der Waals surface area contributed by atoms with Crippen molar-refractivity contribution < 1.29 is 33.3 Å². The molecule has 1 amide bonds. The predicted octanol–water partition coefficient (Wildman–Crippen LogP) is 3.94. The molecule has 3 rings (SSSR count). The van der Waals surface area contributed by atoms with Gasteiger partial charge in [0.05, 0.1) is 37.5 Å². The Morgan fingerprint density at radius 2 is 1.82 bits per heavy atom. The molecule has 176 valence electrons. The molecule has 1 heterocycles. The van der Waals surface area contributed by atoms with Crippen LogP contribution in [-0.4, -0.2) is 55.7 Å². The van der Waals surface area contributed by atoms with Gasteiger partial charge in [0.1, 0.15) is 23.1 Å². The number of benzene rings is 2. The zero-order valence-corrected chi connectivity index (χ0v) is 19.1. The molecule has 1 unspecified atom stereocenters. The molecule has 1 saturated heterocycles. The van der Waals surface area contributed by atoms with Crippen LogP contribution in [0.3, 0.4) is 0 Å². The van der Waals surface area contributed by atoms with Crippen molar-refractivity contribution in [3.63, 3.8) is 0 Å². The van der Waals surface area contributed by atoms with Crippen molar-refractivity contribution in [3.8, 4) is 11.5 Å². The van der Waals surface area contributed by atoms with Crippen molar-refractivity contribution >= 4 is 17.4 Å². The second-order valence-electron chi connectivity index (χ2n) is 8.10. The first-order chi connectivity index (χ1) is 15.8. The Bertz CT molecular complexity index is 1050. The number of hydrogen-bond acceptors (Lipinski definition) is 6. The molecular weight excluding hydrogens is 429 g/mol. The molecule has 2 aromatic rings. The molecule has 2 aromatic carbocycles. The van der Waals surface area contributed by atoms with Gasteiger partial charge in [0.25, 0.3) is 11.7 Å². The van der Waals surface area contributed by atoms with Gasteiger partial charge in [-0.2, -0.15) is 0 Å². The van der Waals surface area contributed by atoms with Gasteiger partial charge in [-0.05, 0) is 41.8 Å². The third-order valence-electron chi connectivity index (χ3n) is 5.27. The largest absolute Gasteiger partial charge is 0.507 e. The SMILES string of the molecule is COCCN1C(=O)C(=O)/C(=C(/O)c2cc(F)ccc2OC)C1c1ccc(OCC(C)C)cc1. The van der Waals surface area contributed by atoms with Gasteiger partial charge < -0.3 is 24.2 Å². The van der Waals surface area contributed by atoms with E-state index in [4.69, 9.17) is 14.2 Å². The third-order valence-corrected chi connectivity index (χ3v) is 5.27. The highest BCUT2D eigenvalue weighted by Crippen LogP contribution is 2.41. The summed E-state index contributed by atoms with van der Waals surface area (Å²) >= 11 is 0. The highest BCUT2D eigenvalue weighted by Gasteiger charge is 2.46. The van der Waals surface area contributed by atoms with Crippen molar-refractivity contribution in [2.24, 2.45) is 5.92 Å². The van der Waals surface area contributed by atoms with Gasteiger partial charge >= 0.3 is 0 Å². The molecule has 8 heteroatoms. The van der Waals surface area contributed by atoms with E-state index >= 15 is 0 Å². The molecule has 0 radical (unpaired) electrons. The quantitative estimate of drug-likeness (QED) is 0.349. The summed E-state index contributed by atoms with van der Waals surface area (Å²) in [5.41, 5.74) is 0.444. The van der Waals surface area contributed by atoms with Gasteiger partial charge in [0.2, 0.25) is 0 Å². The highest BCUT2D eigenvalue weighted by atomic mass is 19.1. The molecule has 1 N–H and O–H groups in total. The van der Waals surface area contributed by atoms with Crippen molar-refractivity contribution in [1.29, 1.82) is 0 Å². The molecule has 0 aliphatic carbocycles.